The van der Waals surface area contributed by atoms with Crippen LogP contribution in [0.3, 0.4) is 0 Å². The van der Waals surface area contributed by atoms with Gasteiger partial charge in [-0.25, -0.2) is 22.6 Å². The number of hydrogen-bond acceptors (Lipinski definition) is 4. The Bertz CT molecular complexity index is 615. The van der Waals surface area contributed by atoms with Crippen molar-refractivity contribution in [2.45, 2.75) is 13.0 Å². The third-order valence-electron chi connectivity index (χ3n) is 2.28. The first kappa shape index (κ1) is 13.0. The van der Waals surface area contributed by atoms with Gasteiger partial charge in [0.15, 0.2) is 5.69 Å². The van der Waals surface area contributed by atoms with Crippen LogP contribution >= 0.6 is 0 Å². The van der Waals surface area contributed by atoms with Gasteiger partial charge < -0.3 is 5.11 Å². The van der Waals surface area contributed by atoms with Gasteiger partial charge in [-0.15, -0.1) is 5.10 Å². The molecule has 0 atom stereocenters. The first-order valence-corrected chi connectivity index (χ1v) is 5.03. The summed E-state index contributed by atoms with van der Waals surface area (Å²) in [7, 11) is 0. The zero-order chi connectivity index (χ0) is 14.0. The summed E-state index contributed by atoms with van der Waals surface area (Å²) in [5.74, 6) is -2.23. The fourth-order valence-corrected chi connectivity index (χ4v) is 1.52. The van der Waals surface area contributed by atoms with E-state index >= 15 is 0 Å². The maximum absolute atomic E-state index is 12.9. The number of pyridine rings is 1. The highest BCUT2D eigenvalue weighted by atomic mass is 19.3. The maximum atomic E-state index is 12.9. The average Bonchev–Trinajstić information content (AvgIpc) is 2.73. The van der Waals surface area contributed by atoms with Crippen molar-refractivity contribution < 1.29 is 23.1 Å². The monoisotopic (exact) mass is 272 g/mol. The van der Waals surface area contributed by atoms with Crippen LogP contribution in [0.5, 0.6) is 0 Å². The van der Waals surface area contributed by atoms with Crippen molar-refractivity contribution in [3.8, 4) is 0 Å². The van der Waals surface area contributed by atoms with Crippen LogP contribution in [-0.4, -0.2) is 31.1 Å². The van der Waals surface area contributed by atoms with Crippen molar-refractivity contribution >= 4 is 5.97 Å². The number of nitrogens with zero attached hydrogens (tertiary/aromatic N) is 4. The van der Waals surface area contributed by atoms with E-state index in [0.717, 1.165) is 12.3 Å². The van der Waals surface area contributed by atoms with Gasteiger partial charge in [0.1, 0.15) is 11.5 Å². The summed E-state index contributed by atoms with van der Waals surface area (Å²) in [5, 5.41) is 15.2. The minimum Gasteiger partial charge on any atom is -0.476 e. The lowest BCUT2D eigenvalue weighted by Gasteiger charge is -2.05. The predicted octanol–water partition coefficient (Wildman–Crippen LogP) is 1.50. The zero-order valence-corrected chi connectivity index (χ0v) is 9.29. The Morgan fingerprint density at radius 2 is 2.16 bits per heavy atom. The smallest absolute Gasteiger partial charge is 0.358 e. The van der Waals surface area contributed by atoms with E-state index in [2.05, 4.69) is 15.3 Å². The van der Waals surface area contributed by atoms with Crippen molar-refractivity contribution in [1.82, 2.24) is 20.0 Å². The summed E-state index contributed by atoms with van der Waals surface area (Å²) in [6.07, 6.45) is -0.829. The molecule has 0 saturated carbocycles. The molecule has 0 aliphatic rings. The highest BCUT2D eigenvalue weighted by Gasteiger charge is 2.26. The largest absolute Gasteiger partial charge is 0.476 e. The molecule has 0 saturated heterocycles. The Hall–Kier alpha value is -2.45. The maximum Gasteiger partial charge on any atom is 0.358 e. The van der Waals surface area contributed by atoms with E-state index in [4.69, 9.17) is 5.11 Å². The Balaban J connectivity index is 2.38. The van der Waals surface area contributed by atoms with Gasteiger partial charge in [0.05, 0.1) is 12.7 Å². The minimum atomic E-state index is -3.05. The number of aromatic nitrogens is 4. The summed E-state index contributed by atoms with van der Waals surface area (Å²) in [6, 6.07) is 1.09. The molecule has 0 aliphatic carbocycles. The third kappa shape index (κ3) is 2.69. The SMILES string of the molecule is O=C(O)c1nnn(Cc2cncc(F)c2)c1C(F)F. The molecule has 0 amide bonds. The van der Waals surface area contributed by atoms with Crippen LogP contribution in [0.1, 0.15) is 28.2 Å². The topological polar surface area (TPSA) is 80.9 Å². The van der Waals surface area contributed by atoms with Gasteiger partial charge in [-0.05, 0) is 11.6 Å². The number of carbonyl (C=O) groups is 1. The van der Waals surface area contributed by atoms with Crippen molar-refractivity contribution in [2.75, 3.05) is 0 Å². The number of carboxylic acids is 1. The number of aromatic carboxylic acids is 1. The first-order chi connectivity index (χ1) is 8.99. The molecule has 2 aromatic rings. The normalized spacial score (nSPS) is 10.9. The lowest BCUT2D eigenvalue weighted by atomic mass is 10.2. The highest BCUT2D eigenvalue weighted by molar-refractivity contribution is 5.86. The van der Waals surface area contributed by atoms with Crippen molar-refractivity contribution in [3.63, 3.8) is 0 Å². The Morgan fingerprint density at radius 1 is 1.42 bits per heavy atom. The van der Waals surface area contributed by atoms with Crippen LogP contribution in [-0.2, 0) is 6.54 Å². The fourth-order valence-electron chi connectivity index (χ4n) is 1.52. The number of carboxylic acid groups (broad SMARTS) is 1. The van der Waals surface area contributed by atoms with Crippen LogP contribution in [0.2, 0.25) is 0 Å². The second-order valence-electron chi connectivity index (χ2n) is 3.60. The van der Waals surface area contributed by atoms with E-state index in [0.29, 0.717) is 4.68 Å². The van der Waals surface area contributed by atoms with Crippen molar-refractivity contribution in [1.29, 1.82) is 0 Å². The van der Waals surface area contributed by atoms with Gasteiger partial charge in [0.2, 0.25) is 0 Å². The number of rotatable bonds is 4. The molecule has 0 bridgehead atoms. The van der Waals surface area contributed by atoms with Gasteiger partial charge in [-0.3, -0.25) is 4.98 Å². The molecule has 2 aromatic heterocycles. The number of hydrogen-bond donors (Lipinski definition) is 1. The molecule has 19 heavy (non-hydrogen) atoms. The summed E-state index contributed by atoms with van der Waals surface area (Å²) in [6.45, 7) is -0.245. The fraction of sp³-hybridized carbons (Fsp3) is 0.200. The highest BCUT2D eigenvalue weighted by Crippen LogP contribution is 2.22. The lowest BCUT2D eigenvalue weighted by Crippen LogP contribution is -2.10. The molecule has 0 fully saturated rings. The first-order valence-electron chi connectivity index (χ1n) is 5.03. The average molecular weight is 272 g/mol. The van der Waals surface area contributed by atoms with Crippen LogP contribution in [0.15, 0.2) is 18.5 Å². The number of alkyl halides is 2. The molecule has 2 heterocycles. The van der Waals surface area contributed by atoms with E-state index < -0.39 is 29.6 Å². The molecule has 0 aliphatic heterocycles. The van der Waals surface area contributed by atoms with E-state index in [1.807, 2.05) is 0 Å². The predicted molar refractivity (Wildman–Crippen MR) is 55.2 cm³/mol. The molecule has 0 aromatic carbocycles. The molecule has 9 heteroatoms. The second-order valence-corrected chi connectivity index (χ2v) is 3.60. The molecule has 0 unspecified atom stereocenters. The van der Waals surface area contributed by atoms with Crippen molar-refractivity contribution in [3.05, 3.63) is 41.2 Å². The lowest BCUT2D eigenvalue weighted by molar-refractivity contribution is 0.0675. The molecular weight excluding hydrogens is 265 g/mol. The van der Waals surface area contributed by atoms with Gasteiger partial charge in [0, 0.05) is 6.20 Å². The van der Waals surface area contributed by atoms with E-state index in [1.165, 1.54) is 6.20 Å². The van der Waals surface area contributed by atoms with Crippen LogP contribution < -0.4 is 0 Å². The summed E-state index contributed by atoms with van der Waals surface area (Å²) in [5.41, 5.74) is -1.38. The summed E-state index contributed by atoms with van der Waals surface area (Å²) >= 11 is 0. The molecule has 1 N–H and O–H groups in total. The van der Waals surface area contributed by atoms with E-state index in [9.17, 15) is 18.0 Å². The van der Waals surface area contributed by atoms with Crippen molar-refractivity contribution in [2.24, 2.45) is 0 Å². The minimum absolute atomic E-state index is 0.245. The van der Waals surface area contributed by atoms with Gasteiger partial charge in [-0.2, -0.15) is 0 Å². The second kappa shape index (κ2) is 5.04. The summed E-state index contributed by atoms with van der Waals surface area (Å²) in [4.78, 5) is 14.3. The van der Waals surface area contributed by atoms with Gasteiger partial charge in [0.25, 0.3) is 6.43 Å². The van der Waals surface area contributed by atoms with Gasteiger partial charge >= 0.3 is 5.97 Å². The third-order valence-corrected chi connectivity index (χ3v) is 2.28. The molecule has 6 nitrogen and oxygen atoms in total. The Labute approximate surface area is 104 Å². The molecule has 2 rings (SSSR count). The zero-order valence-electron chi connectivity index (χ0n) is 9.29. The van der Waals surface area contributed by atoms with Crippen LogP contribution in [0, 0.1) is 5.82 Å². The molecular formula is C10H7F3N4O2. The summed E-state index contributed by atoms with van der Waals surface area (Å²) < 4.78 is 39.2. The Kier molecular flexibility index (Phi) is 3.45. The van der Waals surface area contributed by atoms with Crippen LogP contribution in [0.4, 0.5) is 13.2 Å². The van der Waals surface area contributed by atoms with E-state index in [1.54, 1.807) is 0 Å². The standard InChI is InChI=1S/C10H7F3N4O2/c11-6-1-5(2-14-3-6)4-17-8(9(12)13)7(10(18)19)15-16-17/h1-3,9H,4H2,(H,18,19). The Morgan fingerprint density at radius 3 is 2.74 bits per heavy atom. The molecule has 100 valence electrons. The number of halogens is 3. The van der Waals surface area contributed by atoms with E-state index in [-0.39, 0.29) is 12.1 Å². The van der Waals surface area contributed by atoms with Gasteiger partial charge in [-0.1, -0.05) is 5.21 Å². The van der Waals surface area contributed by atoms with Crippen LogP contribution in [0.25, 0.3) is 0 Å². The molecule has 0 spiro atoms. The quantitative estimate of drug-likeness (QED) is 0.912. The molecule has 0 radical (unpaired) electrons.